The SMILES string of the molecule is CC(=O)N1C[C@H]2CN(c3ncncc3F)C[C@H]2[C@@H]1c1ccccc1C. The summed E-state index contributed by atoms with van der Waals surface area (Å²) < 4.78 is 14.1. The zero-order valence-corrected chi connectivity index (χ0v) is 14.4. The topological polar surface area (TPSA) is 49.3 Å². The van der Waals surface area contributed by atoms with Crippen molar-refractivity contribution in [2.24, 2.45) is 11.8 Å². The lowest BCUT2D eigenvalue weighted by Gasteiger charge is -2.30. The van der Waals surface area contributed by atoms with E-state index in [0.717, 1.165) is 0 Å². The molecule has 0 unspecified atom stereocenters. The highest BCUT2D eigenvalue weighted by molar-refractivity contribution is 5.74. The van der Waals surface area contributed by atoms with Crippen molar-refractivity contribution in [3.05, 3.63) is 53.7 Å². The first-order valence-corrected chi connectivity index (χ1v) is 8.59. The molecule has 2 saturated heterocycles. The van der Waals surface area contributed by atoms with E-state index in [0.29, 0.717) is 31.4 Å². The minimum absolute atomic E-state index is 0.0404. The molecule has 0 aliphatic carbocycles. The fourth-order valence-corrected chi connectivity index (χ4v) is 4.40. The van der Waals surface area contributed by atoms with Crippen molar-refractivity contribution in [2.75, 3.05) is 24.5 Å². The summed E-state index contributed by atoms with van der Waals surface area (Å²) in [4.78, 5) is 24.0. The number of nitrogens with zero attached hydrogens (tertiary/aromatic N) is 4. The van der Waals surface area contributed by atoms with Crippen LogP contribution in [0, 0.1) is 24.6 Å². The lowest BCUT2D eigenvalue weighted by molar-refractivity contribution is -0.130. The number of likely N-dealkylation sites (tertiary alicyclic amines) is 1. The highest BCUT2D eigenvalue weighted by Crippen LogP contribution is 2.46. The van der Waals surface area contributed by atoms with Gasteiger partial charge < -0.3 is 9.80 Å². The highest BCUT2D eigenvalue weighted by Gasteiger charge is 2.49. The van der Waals surface area contributed by atoms with Gasteiger partial charge in [0.15, 0.2) is 11.6 Å². The van der Waals surface area contributed by atoms with E-state index < -0.39 is 5.82 Å². The maximum Gasteiger partial charge on any atom is 0.219 e. The van der Waals surface area contributed by atoms with E-state index in [9.17, 15) is 9.18 Å². The first-order chi connectivity index (χ1) is 12.1. The van der Waals surface area contributed by atoms with Crippen molar-refractivity contribution in [1.29, 1.82) is 0 Å². The van der Waals surface area contributed by atoms with E-state index in [1.54, 1.807) is 6.92 Å². The molecule has 3 heterocycles. The van der Waals surface area contributed by atoms with Crippen LogP contribution in [-0.4, -0.2) is 40.4 Å². The number of halogens is 1. The summed E-state index contributed by atoms with van der Waals surface area (Å²) in [5.74, 6) is 0.672. The Morgan fingerprint density at radius 2 is 2.04 bits per heavy atom. The Kier molecular flexibility index (Phi) is 3.90. The molecular formula is C19H21FN4O. The second kappa shape index (κ2) is 6.10. The Hall–Kier alpha value is -2.50. The third-order valence-corrected chi connectivity index (χ3v) is 5.52. The van der Waals surface area contributed by atoms with Crippen LogP contribution in [0.25, 0.3) is 0 Å². The summed E-state index contributed by atoms with van der Waals surface area (Å²) in [6, 6.07) is 8.26. The van der Waals surface area contributed by atoms with Crippen LogP contribution in [0.15, 0.2) is 36.8 Å². The normalized spacial score (nSPS) is 25.3. The number of carbonyl (C=O) groups excluding carboxylic acids is 1. The lowest BCUT2D eigenvalue weighted by atomic mass is 9.87. The average molecular weight is 340 g/mol. The zero-order valence-electron chi connectivity index (χ0n) is 14.4. The van der Waals surface area contributed by atoms with E-state index in [2.05, 4.69) is 29.0 Å². The third kappa shape index (κ3) is 2.65. The number of amides is 1. The van der Waals surface area contributed by atoms with Gasteiger partial charge >= 0.3 is 0 Å². The summed E-state index contributed by atoms with van der Waals surface area (Å²) in [7, 11) is 0. The van der Waals surface area contributed by atoms with Crippen molar-refractivity contribution in [1.82, 2.24) is 14.9 Å². The number of carbonyl (C=O) groups is 1. The van der Waals surface area contributed by atoms with Crippen LogP contribution in [-0.2, 0) is 4.79 Å². The van der Waals surface area contributed by atoms with Gasteiger partial charge in [-0.05, 0) is 18.1 Å². The van der Waals surface area contributed by atoms with Crippen molar-refractivity contribution in [3.8, 4) is 0 Å². The molecular weight excluding hydrogens is 319 g/mol. The summed E-state index contributed by atoms with van der Waals surface area (Å²) in [5.41, 5.74) is 2.38. The van der Waals surface area contributed by atoms with Gasteiger partial charge in [0.05, 0.1) is 12.2 Å². The molecule has 0 radical (unpaired) electrons. The Morgan fingerprint density at radius 3 is 2.76 bits per heavy atom. The molecule has 1 amide bonds. The van der Waals surface area contributed by atoms with Crippen molar-refractivity contribution in [3.63, 3.8) is 0 Å². The van der Waals surface area contributed by atoms with Crippen molar-refractivity contribution in [2.45, 2.75) is 19.9 Å². The molecule has 130 valence electrons. The molecule has 2 aliphatic heterocycles. The summed E-state index contributed by atoms with van der Waals surface area (Å²) >= 11 is 0. The van der Waals surface area contributed by atoms with Crippen LogP contribution in [0.5, 0.6) is 0 Å². The van der Waals surface area contributed by atoms with Gasteiger partial charge in [-0.15, -0.1) is 0 Å². The van der Waals surface area contributed by atoms with Crippen LogP contribution in [0.1, 0.15) is 24.1 Å². The molecule has 0 spiro atoms. The largest absolute Gasteiger partial charge is 0.353 e. The summed E-state index contributed by atoms with van der Waals surface area (Å²) in [5, 5.41) is 0. The third-order valence-electron chi connectivity index (χ3n) is 5.52. The Labute approximate surface area is 146 Å². The molecule has 2 aliphatic rings. The molecule has 2 fully saturated rings. The predicted molar refractivity (Wildman–Crippen MR) is 92.5 cm³/mol. The molecule has 0 saturated carbocycles. The number of hydrogen-bond acceptors (Lipinski definition) is 4. The quantitative estimate of drug-likeness (QED) is 0.843. The van der Waals surface area contributed by atoms with Crippen molar-refractivity contribution >= 4 is 11.7 Å². The van der Waals surface area contributed by atoms with Gasteiger partial charge in [0.2, 0.25) is 5.91 Å². The first-order valence-electron chi connectivity index (χ1n) is 8.59. The van der Waals surface area contributed by atoms with E-state index in [-0.39, 0.29) is 17.9 Å². The van der Waals surface area contributed by atoms with Gasteiger partial charge in [-0.3, -0.25) is 4.79 Å². The van der Waals surface area contributed by atoms with E-state index >= 15 is 0 Å². The number of aromatic nitrogens is 2. The molecule has 0 N–H and O–H groups in total. The van der Waals surface area contributed by atoms with Gasteiger partial charge in [0.1, 0.15) is 6.33 Å². The number of benzene rings is 1. The van der Waals surface area contributed by atoms with Crippen molar-refractivity contribution < 1.29 is 9.18 Å². The molecule has 5 nitrogen and oxygen atoms in total. The van der Waals surface area contributed by atoms with Crippen LogP contribution in [0.3, 0.4) is 0 Å². The lowest BCUT2D eigenvalue weighted by Crippen LogP contribution is -2.35. The number of aryl methyl sites for hydroxylation is 1. The second-order valence-electron chi connectivity index (χ2n) is 7.00. The zero-order chi connectivity index (χ0) is 17.6. The molecule has 3 atom stereocenters. The van der Waals surface area contributed by atoms with Gasteiger partial charge in [-0.2, -0.15) is 0 Å². The summed E-state index contributed by atoms with van der Waals surface area (Å²) in [6.45, 7) is 5.83. The maximum atomic E-state index is 14.1. The number of hydrogen-bond donors (Lipinski definition) is 0. The minimum atomic E-state index is -0.390. The number of fused-ring (bicyclic) bond motifs is 1. The molecule has 1 aromatic heterocycles. The molecule has 2 aromatic rings. The molecule has 4 rings (SSSR count). The number of rotatable bonds is 2. The summed E-state index contributed by atoms with van der Waals surface area (Å²) in [6.07, 6.45) is 2.59. The first kappa shape index (κ1) is 16.0. The molecule has 0 bridgehead atoms. The van der Waals surface area contributed by atoms with Crippen LogP contribution >= 0.6 is 0 Å². The fraction of sp³-hybridized carbons (Fsp3) is 0.421. The van der Waals surface area contributed by atoms with Crippen LogP contribution < -0.4 is 4.90 Å². The van der Waals surface area contributed by atoms with Gasteiger partial charge in [-0.1, -0.05) is 24.3 Å². The van der Waals surface area contributed by atoms with Gasteiger partial charge in [0, 0.05) is 38.4 Å². The Morgan fingerprint density at radius 1 is 1.24 bits per heavy atom. The monoisotopic (exact) mass is 340 g/mol. The van der Waals surface area contributed by atoms with Gasteiger partial charge in [0.25, 0.3) is 0 Å². The molecule has 1 aromatic carbocycles. The smallest absolute Gasteiger partial charge is 0.219 e. The van der Waals surface area contributed by atoms with E-state index in [1.165, 1.54) is 23.7 Å². The Balaban J connectivity index is 1.67. The van der Waals surface area contributed by atoms with E-state index in [1.807, 2.05) is 21.9 Å². The fourth-order valence-electron chi connectivity index (χ4n) is 4.40. The number of anilines is 1. The average Bonchev–Trinajstić information content (AvgIpc) is 3.14. The minimum Gasteiger partial charge on any atom is -0.353 e. The maximum absolute atomic E-state index is 14.1. The molecule has 25 heavy (non-hydrogen) atoms. The predicted octanol–water partition coefficient (Wildman–Crippen LogP) is 2.58. The highest BCUT2D eigenvalue weighted by atomic mass is 19.1. The standard InChI is InChI=1S/C19H21FN4O/c1-12-5-3-4-6-15(12)18-16-10-23(19-17(20)7-21-11-22-19)8-14(16)9-24(18)13(2)25/h3-7,11,14,16,18H,8-10H2,1-2H3/t14-,16-,18+/m1/s1. The van der Waals surface area contributed by atoms with Gasteiger partial charge in [-0.25, -0.2) is 14.4 Å². The van der Waals surface area contributed by atoms with E-state index in [4.69, 9.17) is 0 Å². The van der Waals surface area contributed by atoms with Crippen LogP contribution in [0.2, 0.25) is 0 Å². The Bertz CT molecular complexity index is 812. The second-order valence-corrected chi connectivity index (χ2v) is 7.00. The van der Waals surface area contributed by atoms with Crippen LogP contribution in [0.4, 0.5) is 10.2 Å². The molecule has 6 heteroatoms.